The highest BCUT2D eigenvalue weighted by atomic mass is 32.1. The number of hydrogen-bond donors (Lipinski definition) is 0. The van der Waals surface area contributed by atoms with Crippen LogP contribution in [0.15, 0.2) is 36.4 Å². The summed E-state index contributed by atoms with van der Waals surface area (Å²) in [5, 5.41) is 20.1. The minimum absolute atomic E-state index is 0.186. The molecule has 138 valence electrons. The maximum absolute atomic E-state index is 10.5. The Bertz CT molecular complexity index is 803. The van der Waals surface area contributed by atoms with E-state index in [2.05, 4.69) is 34.0 Å². The maximum Gasteiger partial charge on any atom is 0.294 e. The van der Waals surface area contributed by atoms with Crippen LogP contribution in [0.1, 0.15) is 11.3 Å². The molecule has 0 saturated heterocycles. The van der Waals surface area contributed by atoms with E-state index in [0.29, 0.717) is 13.1 Å². The molecule has 0 unspecified atom stereocenters. The fraction of sp³-hybridized carbons (Fsp3) is 0.375. The van der Waals surface area contributed by atoms with Gasteiger partial charge >= 0.3 is 0 Å². The summed E-state index contributed by atoms with van der Waals surface area (Å²) < 4.78 is 1.24. The molecule has 0 bridgehead atoms. The van der Waals surface area contributed by atoms with E-state index in [1.54, 1.807) is 11.3 Å². The van der Waals surface area contributed by atoms with E-state index in [9.17, 15) is 20.2 Å². The van der Waals surface area contributed by atoms with Gasteiger partial charge in [0.15, 0.2) is 0 Å². The van der Waals surface area contributed by atoms with E-state index in [1.165, 1.54) is 20.5 Å². The van der Waals surface area contributed by atoms with Crippen LogP contribution in [0.25, 0.3) is 15.7 Å². The van der Waals surface area contributed by atoms with Crippen molar-refractivity contribution in [3.05, 3.63) is 61.5 Å². The predicted octanol–water partition coefficient (Wildman–Crippen LogP) is 2.78. The molecule has 1 aromatic heterocycles. The number of nitrogens with zero attached hydrogens (tertiary/aromatic N) is 3. The van der Waals surface area contributed by atoms with Gasteiger partial charge in [-0.3, -0.25) is 4.90 Å². The number of rotatable bonds is 8. The highest BCUT2D eigenvalue weighted by molar-refractivity contribution is 7.20. The third-order valence-electron chi connectivity index (χ3n) is 4.10. The Morgan fingerprint density at radius 3 is 2.69 bits per heavy atom. The van der Waals surface area contributed by atoms with Crippen LogP contribution in [-0.2, 0) is 9.68 Å². The van der Waals surface area contributed by atoms with Crippen molar-refractivity contribution in [2.24, 2.45) is 0 Å². The molecule has 0 aliphatic carbocycles. The second-order valence-electron chi connectivity index (χ2n) is 5.86. The van der Waals surface area contributed by atoms with Gasteiger partial charge in [-0.2, -0.15) is 0 Å². The SMILES string of the molecule is O=[N+]([O-])OC[C@H](CN1CC=C(c2cc3ccccc3s2)CC1)O[N+](=O)[O-]. The highest BCUT2D eigenvalue weighted by Crippen LogP contribution is 2.33. The molecule has 9 nitrogen and oxygen atoms in total. The number of benzene rings is 1. The fourth-order valence-corrected chi connectivity index (χ4v) is 4.04. The predicted molar refractivity (Wildman–Crippen MR) is 95.7 cm³/mol. The van der Waals surface area contributed by atoms with Crippen molar-refractivity contribution in [1.82, 2.24) is 4.90 Å². The summed E-state index contributed by atoms with van der Waals surface area (Å²) in [6.45, 7) is 0.998. The number of thiophene rings is 1. The third kappa shape index (κ3) is 4.67. The molecule has 10 heteroatoms. The van der Waals surface area contributed by atoms with Gasteiger partial charge in [0.2, 0.25) is 0 Å². The molecule has 2 heterocycles. The van der Waals surface area contributed by atoms with Crippen molar-refractivity contribution in [1.29, 1.82) is 0 Å². The van der Waals surface area contributed by atoms with Crippen molar-refractivity contribution < 1.29 is 19.8 Å². The van der Waals surface area contributed by atoms with E-state index in [4.69, 9.17) is 0 Å². The van der Waals surface area contributed by atoms with E-state index in [0.717, 1.165) is 6.42 Å². The first-order valence-corrected chi connectivity index (χ1v) is 8.81. The monoisotopic (exact) mass is 379 g/mol. The van der Waals surface area contributed by atoms with Crippen LogP contribution in [0.4, 0.5) is 0 Å². The lowest BCUT2D eigenvalue weighted by molar-refractivity contribution is -0.789. The van der Waals surface area contributed by atoms with Crippen molar-refractivity contribution in [2.45, 2.75) is 12.5 Å². The van der Waals surface area contributed by atoms with Gasteiger partial charge in [0, 0.05) is 29.2 Å². The molecule has 0 N–H and O–H groups in total. The minimum atomic E-state index is -1.00. The normalized spacial score (nSPS) is 16.1. The standard InChI is InChI=1S/C16H17N3O6S/c20-18(21)24-11-14(25-19(22)23)10-17-7-5-12(6-8-17)16-9-13-3-1-2-4-15(13)26-16/h1-5,9,14H,6-8,10-11H2/t14-/m0/s1. The van der Waals surface area contributed by atoms with Gasteiger partial charge in [-0.05, 0) is 29.5 Å². The quantitative estimate of drug-likeness (QED) is 0.512. The number of hydrogen-bond acceptors (Lipinski definition) is 8. The van der Waals surface area contributed by atoms with Crippen LogP contribution in [0.5, 0.6) is 0 Å². The first kappa shape index (κ1) is 18.1. The van der Waals surface area contributed by atoms with Crippen molar-refractivity contribution in [2.75, 3.05) is 26.2 Å². The molecule has 3 rings (SSSR count). The van der Waals surface area contributed by atoms with Gasteiger partial charge in [0.25, 0.3) is 10.2 Å². The lowest BCUT2D eigenvalue weighted by atomic mass is 10.1. The fourth-order valence-electron chi connectivity index (χ4n) is 2.91. The van der Waals surface area contributed by atoms with Gasteiger partial charge in [-0.25, -0.2) is 0 Å². The summed E-state index contributed by atoms with van der Waals surface area (Å²) in [6, 6.07) is 10.4. The summed E-state index contributed by atoms with van der Waals surface area (Å²) in [4.78, 5) is 32.7. The molecule has 26 heavy (non-hydrogen) atoms. The molecule has 0 fully saturated rings. The average Bonchev–Trinajstić information content (AvgIpc) is 3.04. The summed E-state index contributed by atoms with van der Waals surface area (Å²) in [5.74, 6) is 0. The van der Waals surface area contributed by atoms with Crippen LogP contribution >= 0.6 is 11.3 Å². The zero-order valence-corrected chi connectivity index (χ0v) is 14.6. The Labute approximate surface area is 152 Å². The van der Waals surface area contributed by atoms with Crippen molar-refractivity contribution in [3.63, 3.8) is 0 Å². The van der Waals surface area contributed by atoms with E-state index < -0.39 is 22.9 Å². The number of fused-ring (bicyclic) bond motifs is 1. The Balaban J connectivity index is 1.61. The Kier molecular flexibility index (Phi) is 5.64. The topological polar surface area (TPSA) is 108 Å². The average molecular weight is 379 g/mol. The van der Waals surface area contributed by atoms with Crippen molar-refractivity contribution in [3.8, 4) is 0 Å². The van der Waals surface area contributed by atoms with Crippen LogP contribution < -0.4 is 0 Å². The summed E-state index contributed by atoms with van der Waals surface area (Å²) in [6.07, 6.45) is 1.88. The van der Waals surface area contributed by atoms with Gasteiger partial charge in [-0.1, -0.05) is 24.3 Å². The van der Waals surface area contributed by atoms with E-state index in [-0.39, 0.29) is 6.54 Å². The molecule has 0 spiro atoms. The summed E-state index contributed by atoms with van der Waals surface area (Å²) in [7, 11) is 0. The van der Waals surface area contributed by atoms with E-state index in [1.807, 2.05) is 17.0 Å². The third-order valence-corrected chi connectivity index (χ3v) is 5.29. The molecule has 1 aromatic carbocycles. The molecule has 0 amide bonds. The second-order valence-corrected chi connectivity index (χ2v) is 6.94. The molecule has 1 aliphatic rings. The van der Waals surface area contributed by atoms with Gasteiger partial charge in [-0.15, -0.1) is 31.6 Å². The minimum Gasteiger partial charge on any atom is -0.312 e. The molecular formula is C16H17N3O6S. The zero-order chi connectivity index (χ0) is 18.5. The summed E-state index contributed by atoms with van der Waals surface area (Å²) in [5.41, 5.74) is 1.25. The van der Waals surface area contributed by atoms with Gasteiger partial charge in [0.05, 0.1) is 0 Å². The summed E-state index contributed by atoms with van der Waals surface area (Å²) >= 11 is 1.74. The Hall–Kier alpha value is -2.72. The lowest BCUT2D eigenvalue weighted by Gasteiger charge is -2.28. The Morgan fingerprint density at radius 2 is 2.04 bits per heavy atom. The van der Waals surface area contributed by atoms with E-state index >= 15 is 0 Å². The van der Waals surface area contributed by atoms with Crippen molar-refractivity contribution >= 4 is 27.0 Å². The lowest BCUT2D eigenvalue weighted by Crippen LogP contribution is -2.40. The van der Waals surface area contributed by atoms with Crippen LogP contribution in [0.2, 0.25) is 0 Å². The van der Waals surface area contributed by atoms with Crippen LogP contribution in [0, 0.1) is 20.2 Å². The molecule has 1 atom stereocenters. The van der Waals surface area contributed by atoms with Gasteiger partial charge < -0.3 is 9.68 Å². The highest BCUT2D eigenvalue weighted by Gasteiger charge is 2.22. The molecule has 0 saturated carbocycles. The molecule has 2 aromatic rings. The largest absolute Gasteiger partial charge is 0.312 e. The Morgan fingerprint density at radius 1 is 1.23 bits per heavy atom. The molecule has 0 radical (unpaired) electrons. The van der Waals surface area contributed by atoms with Crippen LogP contribution in [0.3, 0.4) is 0 Å². The smallest absolute Gasteiger partial charge is 0.294 e. The molecule has 1 aliphatic heterocycles. The molecular weight excluding hydrogens is 362 g/mol. The van der Waals surface area contributed by atoms with Crippen LogP contribution in [-0.4, -0.2) is 47.4 Å². The maximum atomic E-state index is 10.5. The first-order chi connectivity index (χ1) is 12.5. The zero-order valence-electron chi connectivity index (χ0n) is 13.8. The van der Waals surface area contributed by atoms with Gasteiger partial charge in [0.1, 0.15) is 12.7 Å². The second kappa shape index (κ2) is 8.11. The first-order valence-electron chi connectivity index (χ1n) is 8.00.